The smallest absolute Gasteiger partial charge is 0.240 e. The van der Waals surface area contributed by atoms with Crippen LogP contribution in [0.4, 0.5) is 5.88 Å². The number of rotatable bonds is 4. The number of hydrogen-bond acceptors (Lipinski definition) is 6. The van der Waals surface area contributed by atoms with Crippen LogP contribution in [-0.4, -0.2) is 35.4 Å². The monoisotopic (exact) mass is 378 g/mol. The van der Waals surface area contributed by atoms with E-state index >= 15 is 0 Å². The molecule has 0 bridgehead atoms. The van der Waals surface area contributed by atoms with E-state index < -0.39 is 0 Å². The number of benzene rings is 1. The third-order valence-corrected chi connectivity index (χ3v) is 5.28. The molecule has 1 aromatic carbocycles. The summed E-state index contributed by atoms with van der Waals surface area (Å²) >= 11 is 0. The molecule has 28 heavy (non-hydrogen) atoms. The lowest BCUT2D eigenvalue weighted by atomic mass is 9.98. The van der Waals surface area contributed by atoms with E-state index in [1.165, 1.54) is 0 Å². The van der Waals surface area contributed by atoms with Gasteiger partial charge in [-0.3, -0.25) is 15.0 Å². The van der Waals surface area contributed by atoms with Gasteiger partial charge in [0.25, 0.3) is 0 Å². The first-order chi connectivity index (χ1) is 13.5. The second-order valence-corrected chi connectivity index (χ2v) is 7.24. The van der Waals surface area contributed by atoms with E-state index in [0.717, 1.165) is 41.9 Å². The Balaban J connectivity index is 1.42. The number of carbonyl (C=O) groups excluding carboxylic acids is 1. The van der Waals surface area contributed by atoms with Crippen LogP contribution in [0.2, 0.25) is 0 Å². The van der Waals surface area contributed by atoms with E-state index in [0.29, 0.717) is 17.9 Å². The van der Waals surface area contributed by atoms with Crippen LogP contribution in [0.3, 0.4) is 0 Å². The number of fused-ring (bicyclic) bond motifs is 1. The third-order valence-electron chi connectivity index (χ3n) is 5.28. The number of amides is 1. The molecule has 1 saturated heterocycles. The lowest BCUT2D eigenvalue weighted by Gasteiger charge is -2.30. The van der Waals surface area contributed by atoms with Crippen LogP contribution in [0.5, 0.6) is 0 Å². The minimum absolute atomic E-state index is 0.164. The van der Waals surface area contributed by atoms with Crippen LogP contribution in [0, 0.1) is 25.2 Å². The van der Waals surface area contributed by atoms with Crippen LogP contribution in [0.15, 0.2) is 33.1 Å². The summed E-state index contributed by atoms with van der Waals surface area (Å²) in [6, 6.07) is 9.83. The highest BCUT2D eigenvalue weighted by molar-refractivity contribution is 5.92. The zero-order chi connectivity index (χ0) is 19.7. The minimum atomic E-state index is -0.191. The molecule has 1 aliphatic rings. The van der Waals surface area contributed by atoms with Crippen LogP contribution in [-0.2, 0) is 4.79 Å². The van der Waals surface area contributed by atoms with Crippen LogP contribution >= 0.6 is 0 Å². The summed E-state index contributed by atoms with van der Waals surface area (Å²) in [4.78, 5) is 19.2. The molecule has 2 aromatic heterocycles. The number of para-hydroxylation sites is 2. The number of oxazole rings is 1. The number of carbonyl (C=O) groups is 1. The van der Waals surface area contributed by atoms with E-state index in [4.69, 9.17) is 8.83 Å². The zero-order valence-corrected chi connectivity index (χ0v) is 16.0. The van der Waals surface area contributed by atoms with Crippen molar-refractivity contribution in [2.24, 2.45) is 0 Å². The number of hydrogen-bond donors (Lipinski definition) is 1. The van der Waals surface area contributed by atoms with Crippen molar-refractivity contribution in [2.45, 2.75) is 32.6 Å². The van der Waals surface area contributed by atoms with Gasteiger partial charge >= 0.3 is 0 Å². The lowest BCUT2D eigenvalue weighted by Crippen LogP contribution is -2.39. The third kappa shape index (κ3) is 3.51. The Morgan fingerprint density at radius 1 is 1.36 bits per heavy atom. The van der Waals surface area contributed by atoms with Crippen LogP contribution in [0.25, 0.3) is 11.1 Å². The Morgan fingerprint density at radius 2 is 2.18 bits per heavy atom. The molecular weight excluding hydrogens is 356 g/mol. The van der Waals surface area contributed by atoms with Crippen LogP contribution in [0.1, 0.15) is 41.5 Å². The number of aromatic nitrogens is 1. The molecule has 1 amide bonds. The van der Waals surface area contributed by atoms with Gasteiger partial charge in [-0.15, -0.1) is 0 Å². The molecule has 0 aliphatic carbocycles. The van der Waals surface area contributed by atoms with Gasteiger partial charge in [0.05, 0.1) is 6.54 Å². The molecule has 1 N–H and O–H groups in total. The Morgan fingerprint density at radius 3 is 2.96 bits per heavy atom. The Kier molecular flexibility index (Phi) is 4.88. The van der Waals surface area contributed by atoms with E-state index in [1.54, 1.807) is 6.92 Å². The number of nitrogens with zero attached hydrogens (tertiary/aromatic N) is 3. The predicted octanol–water partition coefficient (Wildman–Crippen LogP) is 3.73. The summed E-state index contributed by atoms with van der Waals surface area (Å²) in [6.45, 7) is 5.37. The SMILES string of the molecule is Cc1oc(NC(=O)CN2CCCC(c3nc4ccccc4o3)C2)c(C#N)c1C. The first-order valence-corrected chi connectivity index (χ1v) is 9.43. The lowest BCUT2D eigenvalue weighted by molar-refractivity contribution is -0.117. The van der Waals surface area contributed by atoms with E-state index in [2.05, 4.69) is 21.3 Å². The summed E-state index contributed by atoms with van der Waals surface area (Å²) in [5.41, 5.74) is 2.79. The standard InChI is InChI=1S/C21H22N4O3/c1-13-14(2)27-21(16(13)10-22)24-19(26)12-25-9-5-6-15(11-25)20-23-17-7-3-4-8-18(17)28-20/h3-4,7-8,15H,5-6,9,11-12H2,1-2H3,(H,24,26). The zero-order valence-electron chi connectivity index (χ0n) is 16.0. The fourth-order valence-corrected chi connectivity index (χ4v) is 3.68. The first-order valence-electron chi connectivity index (χ1n) is 9.43. The van der Waals surface area contributed by atoms with Gasteiger partial charge < -0.3 is 8.83 Å². The van der Waals surface area contributed by atoms with Crippen molar-refractivity contribution in [1.29, 1.82) is 5.26 Å². The maximum atomic E-state index is 12.5. The summed E-state index contributed by atoms with van der Waals surface area (Å²) in [5, 5.41) is 12.0. The van der Waals surface area contributed by atoms with Crippen molar-refractivity contribution in [1.82, 2.24) is 9.88 Å². The summed E-state index contributed by atoms with van der Waals surface area (Å²) in [5.74, 6) is 1.58. The molecule has 3 heterocycles. The number of furan rings is 1. The second kappa shape index (κ2) is 7.49. The number of piperidine rings is 1. The summed E-state index contributed by atoms with van der Waals surface area (Å²) in [6.07, 6.45) is 1.96. The fourth-order valence-electron chi connectivity index (χ4n) is 3.68. The Bertz CT molecular complexity index is 1030. The van der Waals surface area contributed by atoms with Gasteiger partial charge in [0.15, 0.2) is 11.5 Å². The van der Waals surface area contributed by atoms with Gasteiger partial charge in [-0.25, -0.2) is 4.98 Å². The van der Waals surface area contributed by atoms with Crippen molar-refractivity contribution in [3.05, 3.63) is 47.0 Å². The Hall–Kier alpha value is -3.11. The molecule has 0 radical (unpaired) electrons. The normalized spacial score (nSPS) is 17.5. The van der Waals surface area contributed by atoms with Gasteiger partial charge in [-0.05, 0) is 45.4 Å². The molecule has 1 fully saturated rings. The summed E-state index contributed by atoms with van der Waals surface area (Å²) in [7, 11) is 0. The van der Waals surface area contributed by atoms with E-state index in [1.807, 2.05) is 31.2 Å². The quantitative estimate of drug-likeness (QED) is 0.743. The van der Waals surface area contributed by atoms with Gasteiger partial charge in [-0.1, -0.05) is 12.1 Å². The van der Waals surface area contributed by atoms with Crippen molar-refractivity contribution in [3.8, 4) is 6.07 Å². The molecular formula is C21H22N4O3. The highest BCUT2D eigenvalue weighted by Gasteiger charge is 2.27. The molecule has 0 spiro atoms. The van der Waals surface area contributed by atoms with Gasteiger partial charge in [0, 0.05) is 18.0 Å². The van der Waals surface area contributed by atoms with Gasteiger partial charge in [0.2, 0.25) is 11.8 Å². The molecule has 0 saturated carbocycles. The number of anilines is 1. The largest absolute Gasteiger partial charge is 0.444 e. The molecule has 1 unspecified atom stereocenters. The average Bonchev–Trinajstić information content (AvgIpc) is 3.23. The highest BCUT2D eigenvalue weighted by atomic mass is 16.4. The first kappa shape index (κ1) is 18.3. The topological polar surface area (TPSA) is 95.3 Å². The Labute approximate surface area is 162 Å². The molecule has 144 valence electrons. The maximum Gasteiger partial charge on any atom is 0.240 e. The second-order valence-electron chi connectivity index (χ2n) is 7.24. The van der Waals surface area contributed by atoms with Crippen molar-refractivity contribution < 1.29 is 13.6 Å². The van der Waals surface area contributed by atoms with Crippen molar-refractivity contribution in [2.75, 3.05) is 25.0 Å². The highest BCUT2D eigenvalue weighted by Crippen LogP contribution is 2.29. The number of nitrogens with one attached hydrogen (secondary N) is 1. The van der Waals surface area contributed by atoms with Crippen LogP contribution < -0.4 is 5.32 Å². The van der Waals surface area contributed by atoms with Crippen molar-refractivity contribution in [3.63, 3.8) is 0 Å². The van der Waals surface area contributed by atoms with Crippen molar-refractivity contribution >= 4 is 22.9 Å². The number of nitriles is 1. The number of likely N-dealkylation sites (tertiary alicyclic amines) is 1. The van der Waals surface area contributed by atoms with Gasteiger partial charge in [0.1, 0.15) is 22.9 Å². The minimum Gasteiger partial charge on any atom is -0.444 e. The predicted molar refractivity (Wildman–Crippen MR) is 104 cm³/mol. The molecule has 4 rings (SSSR count). The number of aryl methyl sites for hydroxylation is 1. The molecule has 1 atom stereocenters. The average molecular weight is 378 g/mol. The molecule has 1 aliphatic heterocycles. The molecule has 7 heteroatoms. The summed E-state index contributed by atoms with van der Waals surface area (Å²) < 4.78 is 11.4. The van der Waals surface area contributed by atoms with E-state index in [-0.39, 0.29) is 24.3 Å². The molecule has 7 nitrogen and oxygen atoms in total. The maximum absolute atomic E-state index is 12.5. The molecule has 3 aromatic rings. The fraction of sp³-hybridized carbons (Fsp3) is 0.381. The van der Waals surface area contributed by atoms with E-state index in [9.17, 15) is 10.1 Å². The van der Waals surface area contributed by atoms with Gasteiger partial charge in [-0.2, -0.15) is 5.26 Å².